The molecule has 0 N–H and O–H groups in total. The van der Waals surface area contributed by atoms with E-state index in [1.54, 1.807) is 0 Å². The Kier molecular flexibility index (Phi) is 2.22. The van der Waals surface area contributed by atoms with Crippen LogP contribution in [0.1, 0.15) is 5.82 Å². The van der Waals surface area contributed by atoms with Crippen molar-refractivity contribution in [3.8, 4) is 5.75 Å². The van der Waals surface area contributed by atoms with Gasteiger partial charge in [0, 0.05) is 0 Å². The maximum atomic E-state index is 5.35. The molecule has 1 heterocycles. The highest BCUT2D eigenvalue weighted by atomic mass is 16.5. The van der Waals surface area contributed by atoms with Gasteiger partial charge in [0.05, 0.1) is 0 Å². The molecule has 0 fully saturated rings. The molecule has 13 heavy (non-hydrogen) atoms. The molecule has 1 aromatic carbocycles. The van der Waals surface area contributed by atoms with Crippen molar-refractivity contribution in [1.29, 1.82) is 0 Å². The zero-order valence-electron chi connectivity index (χ0n) is 6.80. The molecule has 0 aliphatic carbocycles. The summed E-state index contributed by atoms with van der Waals surface area (Å²) < 4.78 is 9.78. The summed E-state index contributed by atoms with van der Waals surface area (Å²) in [5, 5.41) is 3.56. The van der Waals surface area contributed by atoms with Crippen molar-refractivity contribution >= 4 is 0 Å². The van der Waals surface area contributed by atoms with Crippen molar-refractivity contribution in [2.24, 2.45) is 0 Å². The lowest BCUT2D eigenvalue weighted by atomic mass is 10.3. The summed E-state index contributed by atoms with van der Waals surface area (Å²) in [4.78, 5) is 3.70. The predicted molar refractivity (Wildman–Crippen MR) is 43.9 cm³/mol. The minimum absolute atomic E-state index is 0.303. The lowest BCUT2D eigenvalue weighted by Gasteiger charge is -2.00. The van der Waals surface area contributed by atoms with Gasteiger partial charge in [-0.05, 0) is 12.1 Å². The molecule has 0 bridgehead atoms. The minimum Gasteiger partial charge on any atom is -0.485 e. The standard InChI is InChI=1S/C9H7N2O2/c1-2-4-8(5-3-1)12-6-9-10-7-13-11-9/h1-5H,6H2. The van der Waals surface area contributed by atoms with Gasteiger partial charge in [0.1, 0.15) is 5.75 Å². The van der Waals surface area contributed by atoms with E-state index in [0.29, 0.717) is 12.4 Å². The maximum Gasteiger partial charge on any atom is 0.316 e. The van der Waals surface area contributed by atoms with Crippen molar-refractivity contribution in [3.05, 3.63) is 42.5 Å². The number of benzene rings is 1. The van der Waals surface area contributed by atoms with Crippen molar-refractivity contribution in [2.45, 2.75) is 6.61 Å². The Balaban J connectivity index is 1.94. The van der Waals surface area contributed by atoms with Gasteiger partial charge in [0.15, 0.2) is 6.61 Å². The van der Waals surface area contributed by atoms with Gasteiger partial charge in [-0.15, -0.1) is 0 Å². The van der Waals surface area contributed by atoms with Gasteiger partial charge in [0.25, 0.3) is 0 Å². The van der Waals surface area contributed by atoms with Gasteiger partial charge < -0.3 is 9.26 Å². The summed E-state index contributed by atoms with van der Waals surface area (Å²) in [6.45, 7) is 0.303. The van der Waals surface area contributed by atoms with Crippen molar-refractivity contribution < 1.29 is 9.26 Å². The SMILES string of the molecule is [c]1nc(COc2ccccc2)no1. The smallest absolute Gasteiger partial charge is 0.316 e. The molecular weight excluding hydrogens is 168 g/mol. The molecule has 2 aromatic rings. The summed E-state index contributed by atoms with van der Waals surface area (Å²) in [6, 6.07) is 9.46. The molecule has 4 nitrogen and oxygen atoms in total. The van der Waals surface area contributed by atoms with Crippen LogP contribution in [0.3, 0.4) is 0 Å². The minimum atomic E-state index is 0.303. The first kappa shape index (κ1) is 7.79. The van der Waals surface area contributed by atoms with Crippen LogP contribution in [0, 0.1) is 6.39 Å². The number of para-hydroxylation sites is 1. The van der Waals surface area contributed by atoms with Crippen LogP contribution in [0.5, 0.6) is 5.75 Å². The van der Waals surface area contributed by atoms with Gasteiger partial charge >= 0.3 is 6.39 Å². The summed E-state index contributed by atoms with van der Waals surface area (Å²) in [7, 11) is 0. The fraction of sp³-hybridized carbons (Fsp3) is 0.111. The summed E-state index contributed by atoms with van der Waals surface area (Å²) in [5.74, 6) is 1.27. The zero-order chi connectivity index (χ0) is 8.93. The van der Waals surface area contributed by atoms with Gasteiger partial charge in [-0.2, -0.15) is 4.98 Å². The monoisotopic (exact) mass is 175 g/mol. The highest BCUT2D eigenvalue weighted by Crippen LogP contribution is 2.09. The van der Waals surface area contributed by atoms with E-state index in [0.717, 1.165) is 5.75 Å². The Bertz CT molecular complexity index is 345. The Hall–Kier alpha value is -1.84. The second kappa shape index (κ2) is 3.71. The first-order valence-corrected chi connectivity index (χ1v) is 3.81. The fourth-order valence-electron chi connectivity index (χ4n) is 0.890. The maximum absolute atomic E-state index is 5.35. The lowest BCUT2D eigenvalue weighted by molar-refractivity contribution is 0.286. The second-order valence-electron chi connectivity index (χ2n) is 2.40. The zero-order valence-corrected chi connectivity index (χ0v) is 6.80. The first-order chi connectivity index (χ1) is 6.45. The number of aromatic nitrogens is 2. The van der Waals surface area contributed by atoms with Crippen LogP contribution in [0.15, 0.2) is 34.9 Å². The molecule has 1 aromatic heterocycles. The van der Waals surface area contributed by atoms with Gasteiger partial charge in [-0.25, -0.2) is 0 Å². The molecule has 65 valence electrons. The molecule has 1 radical (unpaired) electrons. The van der Waals surface area contributed by atoms with Crippen LogP contribution >= 0.6 is 0 Å². The number of hydrogen-bond donors (Lipinski definition) is 0. The number of nitrogens with zero attached hydrogens (tertiary/aromatic N) is 2. The van der Waals surface area contributed by atoms with Crippen LogP contribution in [-0.2, 0) is 6.61 Å². The third-order valence-electron chi connectivity index (χ3n) is 1.48. The molecule has 0 unspecified atom stereocenters. The number of ether oxygens (including phenoxy) is 1. The molecular formula is C9H7N2O2. The fourth-order valence-corrected chi connectivity index (χ4v) is 0.890. The van der Waals surface area contributed by atoms with Crippen molar-refractivity contribution in [3.63, 3.8) is 0 Å². The third-order valence-corrected chi connectivity index (χ3v) is 1.48. The van der Waals surface area contributed by atoms with Crippen LogP contribution in [0.2, 0.25) is 0 Å². The molecule has 2 rings (SSSR count). The summed E-state index contributed by atoms with van der Waals surface area (Å²) in [6.07, 6.45) is 2.25. The largest absolute Gasteiger partial charge is 0.485 e. The van der Waals surface area contributed by atoms with E-state index in [2.05, 4.69) is 21.1 Å². The summed E-state index contributed by atoms with van der Waals surface area (Å²) >= 11 is 0. The van der Waals surface area contributed by atoms with E-state index in [4.69, 9.17) is 4.74 Å². The van der Waals surface area contributed by atoms with Crippen LogP contribution in [-0.4, -0.2) is 10.1 Å². The van der Waals surface area contributed by atoms with E-state index < -0.39 is 0 Å². The average molecular weight is 175 g/mol. The molecule has 0 aliphatic heterocycles. The van der Waals surface area contributed by atoms with E-state index in [9.17, 15) is 0 Å². The van der Waals surface area contributed by atoms with E-state index >= 15 is 0 Å². The molecule has 0 amide bonds. The Morgan fingerprint density at radius 2 is 2.15 bits per heavy atom. The molecule has 0 saturated carbocycles. The van der Waals surface area contributed by atoms with Crippen LogP contribution in [0.4, 0.5) is 0 Å². The van der Waals surface area contributed by atoms with Crippen molar-refractivity contribution in [2.75, 3.05) is 0 Å². The van der Waals surface area contributed by atoms with Gasteiger partial charge in [-0.1, -0.05) is 23.4 Å². The topological polar surface area (TPSA) is 48.2 Å². The predicted octanol–water partition coefficient (Wildman–Crippen LogP) is 1.45. The lowest BCUT2D eigenvalue weighted by Crippen LogP contribution is -1.96. The van der Waals surface area contributed by atoms with E-state index in [-0.39, 0.29) is 0 Å². The third kappa shape index (κ3) is 2.05. The highest BCUT2D eigenvalue weighted by Gasteiger charge is 1.98. The van der Waals surface area contributed by atoms with E-state index in [1.807, 2.05) is 30.3 Å². The Morgan fingerprint density at radius 3 is 2.85 bits per heavy atom. The Morgan fingerprint density at radius 1 is 1.31 bits per heavy atom. The average Bonchev–Trinajstić information content (AvgIpc) is 2.69. The summed E-state index contributed by atoms with van der Waals surface area (Å²) in [5.41, 5.74) is 0. The number of hydrogen-bond acceptors (Lipinski definition) is 4. The number of rotatable bonds is 3. The first-order valence-electron chi connectivity index (χ1n) is 3.81. The molecule has 0 aliphatic rings. The van der Waals surface area contributed by atoms with E-state index in [1.165, 1.54) is 0 Å². The molecule has 0 atom stereocenters. The molecule has 0 spiro atoms. The quantitative estimate of drug-likeness (QED) is 0.708. The van der Waals surface area contributed by atoms with Crippen molar-refractivity contribution in [1.82, 2.24) is 10.1 Å². The van der Waals surface area contributed by atoms with Gasteiger partial charge in [0.2, 0.25) is 5.82 Å². The molecule has 0 saturated heterocycles. The second-order valence-corrected chi connectivity index (χ2v) is 2.40. The Labute approximate surface area is 75.2 Å². The van der Waals surface area contributed by atoms with Gasteiger partial charge in [-0.3, -0.25) is 0 Å². The van der Waals surface area contributed by atoms with Crippen LogP contribution in [0.25, 0.3) is 0 Å². The normalized spacial score (nSPS) is 9.85. The highest BCUT2D eigenvalue weighted by molar-refractivity contribution is 5.20. The molecule has 4 heteroatoms. The van der Waals surface area contributed by atoms with Crippen LogP contribution < -0.4 is 4.74 Å².